The smallest absolute Gasteiger partial charge is 0.223 e. The topological polar surface area (TPSA) is 89.3 Å². The lowest BCUT2D eigenvalue weighted by atomic mass is 10.1. The van der Waals surface area contributed by atoms with Crippen LogP contribution in [0.3, 0.4) is 0 Å². The molecule has 104 valence electrons. The molecule has 1 fully saturated rings. The van der Waals surface area contributed by atoms with Crippen LogP contribution >= 0.6 is 15.9 Å². The van der Waals surface area contributed by atoms with Gasteiger partial charge in [-0.05, 0) is 30.0 Å². The lowest BCUT2D eigenvalue weighted by molar-refractivity contribution is -0.122. The van der Waals surface area contributed by atoms with E-state index < -0.39 is 10.0 Å². The third-order valence-electron chi connectivity index (χ3n) is 3.11. The molecular formula is C12H15BrN2O3S. The van der Waals surface area contributed by atoms with Crippen molar-refractivity contribution in [1.29, 1.82) is 0 Å². The second-order valence-corrected chi connectivity index (χ2v) is 7.31. The van der Waals surface area contributed by atoms with Gasteiger partial charge >= 0.3 is 0 Å². The standard InChI is InChI=1S/C12H15BrN2O3S/c13-9-3-1-8(2-4-9)10-7-11(10)12(16)15-5-6-19(14,17)18/h1-4,10-11H,5-7H2,(H,15,16)(H2,14,17,18). The zero-order valence-corrected chi connectivity index (χ0v) is 12.6. The highest BCUT2D eigenvalue weighted by molar-refractivity contribution is 9.10. The van der Waals surface area contributed by atoms with Gasteiger partial charge in [0, 0.05) is 16.9 Å². The number of rotatable bonds is 5. The summed E-state index contributed by atoms with van der Waals surface area (Å²) >= 11 is 3.36. The Balaban J connectivity index is 1.82. The molecule has 1 aliphatic carbocycles. The molecule has 3 N–H and O–H groups in total. The minimum Gasteiger partial charge on any atom is -0.355 e. The van der Waals surface area contributed by atoms with Crippen molar-refractivity contribution in [2.75, 3.05) is 12.3 Å². The van der Waals surface area contributed by atoms with Gasteiger partial charge in [0.05, 0.1) is 5.75 Å². The molecule has 0 heterocycles. The molecule has 2 unspecified atom stereocenters. The summed E-state index contributed by atoms with van der Waals surface area (Å²) in [5.41, 5.74) is 1.13. The average Bonchev–Trinajstić information content (AvgIpc) is 3.08. The molecular weight excluding hydrogens is 332 g/mol. The van der Waals surface area contributed by atoms with E-state index in [9.17, 15) is 13.2 Å². The van der Waals surface area contributed by atoms with E-state index in [-0.39, 0.29) is 30.0 Å². The lowest BCUT2D eigenvalue weighted by Crippen LogP contribution is -2.32. The van der Waals surface area contributed by atoms with Crippen molar-refractivity contribution in [2.24, 2.45) is 11.1 Å². The van der Waals surface area contributed by atoms with Crippen LogP contribution < -0.4 is 10.5 Å². The van der Waals surface area contributed by atoms with Crippen LogP contribution in [0.25, 0.3) is 0 Å². The number of benzene rings is 1. The molecule has 0 saturated heterocycles. The highest BCUT2D eigenvalue weighted by Gasteiger charge is 2.43. The first-order valence-electron chi connectivity index (χ1n) is 5.90. The van der Waals surface area contributed by atoms with E-state index in [4.69, 9.17) is 5.14 Å². The van der Waals surface area contributed by atoms with E-state index >= 15 is 0 Å². The fraction of sp³-hybridized carbons (Fsp3) is 0.417. The maximum absolute atomic E-state index is 11.8. The first-order valence-corrected chi connectivity index (χ1v) is 8.41. The highest BCUT2D eigenvalue weighted by atomic mass is 79.9. The first kappa shape index (κ1) is 14.5. The van der Waals surface area contributed by atoms with E-state index in [1.807, 2.05) is 24.3 Å². The van der Waals surface area contributed by atoms with E-state index in [0.29, 0.717) is 0 Å². The van der Waals surface area contributed by atoms with Crippen LogP contribution in [0.1, 0.15) is 17.9 Å². The zero-order valence-electron chi connectivity index (χ0n) is 10.2. The van der Waals surface area contributed by atoms with Gasteiger partial charge in [-0.2, -0.15) is 0 Å². The summed E-state index contributed by atoms with van der Waals surface area (Å²) in [6.45, 7) is 0.0707. The van der Waals surface area contributed by atoms with Gasteiger partial charge in [-0.3, -0.25) is 4.79 Å². The van der Waals surface area contributed by atoms with Crippen LogP contribution in [0, 0.1) is 5.92 Å². The van der Waals surface area contributed by atoms with Crippen LogP contribution in [-0.2, 0) is 14.8 Å². The molecule has 0 aromatic heterocycles. The Bertz CT molecular complexity index is 571. The summed E-state index contributed by atoms with van der Waals surface area (Å²) in [4.78, 5) is 11.8. The summed E-state index contributed by atoms with van der Waals surface area (Å²) in [6, 6.07) is 7.88. The molecule has 0 bridgehead atoms. The molecule has 1 amide bonds. The van der Waals surface area contributed by atoms with Crippen molar-refractivity contribution in [2.45, 2.75) is 12.3 Å². The molecule has 19 heavy (non-hydrogen) atoms. The number of hydrogen-bond donors (Lipinski definition) is 2. The Morgan fingerprint density at radius 1 is 1.37 bits per heavy atom. The number of halogens is 1. The summed E-state index contributed by atoms with van der Waals surface area (Å²) in [6.07, 6.45) is 0.808. The second kappa shape index (κ2) is 5.60. The van der Waals surface area contributed by atoms with Crippen molar-refractivity contribution < 1.29 is 13.2 Å². The monoisotopic (exact) mass is 346 g/mol. The summed E-state index contributed by atoms with van der Waals surface area (Å²) in [5.74, 6) is -0.144. The van der Waals surface area contributed by atoms with Crippen molar-refractivity contribution in [3.63, 3.8) is 0 Å². The maximum atomic E-state index is 11.8. The first-order chi connectivity index (χ1) is 8.87. The Morgan fingerprint density at radius 3 is 2.58 bits per heavy atom. The molecule has 0 spiro atoms. The number of carbonyl (C=O) groups excluding carboxylic acids is 1. The molecule has 7 heteroatoms. The number of amides is 1. The number of primary sulfonamides is 1. The molecule has 0 aliphatic heterocycles. The van der Waals surface area contributed by atoms with Crippen molar-refractivity contribution >= 4 is 31.9 Å². The Morgan fingerprint density at radius 2 is 2.00 bits per heavy atom. The van der Waals surface area contributed by atoms with Crippen molar-refractivity contribution in [3.05, 3.63) is 34.3 Å². The van der Waals surface area contributed by atoms with Gasteiger partial charge in [-0.15, -0.1) is 0 Å². The Labute approximate surface area is 120 Å². The number of nitrogens with two attached hydrogens (primary N) is 1. The van der Waals surface area contributed by atoms with Crippen molar-refractivity contribution in [1.82, 2.24) is 5.32 Å². The van der Waals surface area contributed by atoms with Crippen LogP contribution in [0.4, 0.5) is 0 Å². The van der Waals surface area contributed by atoms with Crippen LogP contribution in [0.5, 0.6) is 0 Å². The van der Waals surface area contributed by atoms with Gasteiger partial charge in [0.25, 0.3) is 0 Å². The molecule has 0 radical (unpaired) electrons. The normalized spacial score (nSPS) is 22.0. The van der Waals surface area contributed by atoms with Gasteiger partial charge in [0.15, 0.2) is 0 Å². The molecule has 1 saturated carbocycles. The van der Waals surface area contributed by atoms with E-state index in [1.54, 1.807) is 0 Å². The van der Waals surface area contributed by atoms with Crippen molar-refractivity contribution in [3.8, 4) is 0 Å². The van der Waals surface area contributed by atoms with Crippen LogP contribution in [0.2, 0.25) is 0 Å². The molecule has 1 aliphatic rings. The minimum atomic E-state index is -3.52. The molecule has 1 aromatic carbocycles. The molecule has 2 atom stereocenters. The van der Waals surface area contributed by atoms with Crippen LogP contribution in [0.15, 0.2) is 28.7 Å². The molecule has 1 aromatic rings. The number of nitrogens with one attached hydrogen (secondary N) is 1. The molecule has 2 rings (SSSR count). The number of hydrogen-bond acceptors (Lipinski definition) is 3. The lowest BCUT2D eigenvalue weighted by Gasteiger charge is -2.04. The number of carbonyl (C=O) groups is 1. The molecule has 5 nitrogen and oxygen atoms in total. The average molecular weight is 347 g/mol. The summed E-state index contributed by atoms with van der Waals surface area (Å²) in [7, 11) is -3.52. The zero-order chi connectivity index (χ0) is 14.0. The summed E-state index contributed by atoms with van der Waals surface area (Å²) < 4.78 is 22.5. The van der Waals surface area contributed by atoms with Crippen LogP contribution in [-0.4, -0.2) is 26.6 Å². The predicted molar refractivity (Wildman–Crippen MR) is 76.0 cm³/mol. The fourth-order valence-corrected chi connectivity index (χ4v) is 2.66. The summed E-state index contributed by atoms with van der Waals surface area (Å²) in [5, 5.41) is 7.47. The third kappa shape index (κ3) is 4.29. The quantitative estimate of drug-likeness (QED) is 0.831. The van der Waals surface area contributed by atoms with Gasteiger partial charge in [-0.1, -0.05) is 28.1 Å². The third-order valence-corrected chi connectivity index (χ3v) is 4.41. The maximum Gasteiger partial charge on any atom is 0.223 e. The Kier molecular flexibility index (Phi) is 4.27. The van der Waals surface area contributed by atoms with Gasteiger partial charge in [0.2, 0.25) is 15.9 Å². The van der Waals surface area contributed by atoms with Gasteiger partial charge in [-0.25, -0.2) is 13.6 Å². The fourth-order valence-electron chi connectivity index (χ4n) is 2.01. The SMILES string of the molecule is NS(=O)(=O)CCNC(=O)C1CC1c1ccc(Br)cc1. The van der Waals surface area contributed by atoms with E-state index in [1.165, 1.54) is 0 Å². The predicted octanol–water partition coefficient (Wildman–Crippen LogP) is 0.957. The Hall–Kier alpha value is -0.920. The van der Waals surface area contributed by atoms with E-state index in [0.717, 1.165) is 16.5 Å². The van der Waals surface area contributed by atoms with E-state index in [2.05, 4.69) is 21.2 Å². The van der Waals surface area contributed by atoms with Gasteiger partial charge in [0.1, 0.15) is 0 Å². The second-order valence-electron chi connectivity index (χ2n) is 4.66. The highest BCUT2D eigenvalue weighted by Crippen LogP contribution is 2.47. The minimum absolute atomic E-state index is 0.0540. The number of sulfonamides is 1. The van der Waals surface area contributed by atoms with Gasteiger partial charge < -0.3 is 5.32 Å². The largest absolute Gasteiger partial charge is 0.355 e.